The molecule has 0 saturated carbocycles. The number of fused-ring (bicyclic) bond motifs is 1. The van der Waals surface area contributed by atoms with E-state index in [0.29, 0.717) is 6.61 Å². The molecule has 0 radical (unpaired) electrons. The average molecular weight is 307 g/mol. The monoisotopic (exact) mass is 307 g/mol. The van der Waals surface area contributed by atoms with Crippen molar-refractivity contribution in [2.45, 2.75) is 18.6 Å². The van der Waals surface area contributed by atoms with E-state index in [4.69, 9.17) is 4.74 Å². The Labute approximate surface area is 126 Å². The highest BCUT2D eigenvalue weighted by molar-refractivity contribution is 5.34. The smallest absolute Gasteiger partial charge is 0.416 e. The maximum atomic E-state index is 12.7. The number of hydrogen-bond donors (Lipinski definition) is 1. The lowest BCUT2D eigenvalue weighted by molar-refractivity contribution is -0.137. The molecule has 0 spiro atoms. The van der Waals surface area contributed by atoms with Gasteiger partial charge in [-0.15, -0.1) is 0 Å². The largest absolute Gasteiger partial charge is 0.493 e. The molecule has 22 heavy (non-hydrogen) atoms. The Morgan fingerprint density at radius 2 is 1.91 bits per heavy atom. The first kappa shape index (κ1) is 14.9. The van der Waals surface area contributed by atoms with Crippen LogP contribution in [0, 0.1) is 0 Å². The Kier molecular flexibility index (Phi) is 4.07. The lowest BCUT2D eigenvalue weighted by Crippen LogP contribution is -2.31. The number of hydrogen-bond acceptors (Lipinski definition) is 2. The highest BCUT2D eigenvalue weighted by Crippen LogP contribution is 2.32. The molecule has 0 aromatic heterocycles. The minimum absolute atomic E-state index is 0.138. The van der Waals surface area contributed by atoms with Gasteiger partial charge in [-0.2, -0.15) is 13.2 Å². The summed E-state index contributed by atoms with van der Waals surface area (Å²) in [5.74, 6) is 0.386. The van der Waals surface area contributed by atoms with Crippen LogP contribution >= 0.6 is 0 Å². The van der Waals surface area contributed by atoms with E-state index in [2.05, 4.69) is 17.4 Å². The molecule has 1 aliphatic rings. The van der Waals surface area contributed by atoms with Crippen molar-refractivity contribution >= 4 is 0 Å². The van der Waals surface area contributed by atoms with E-state index < -0.39 is 11.7 Å². The quantitative estimate of drug-likeness (QED) is 0.926. The zero-order valence-corrected chi connectivity index (χ0v) is 11.9. The topological polar surface area (TPSA) is 21.3 Å². The molecule has 1 heterocycles. The number of halogens is 3. The third-order valence-corrected chi connectivity index (χ3v) is 3.81. The van der Waals surface area contributed by atoms with Crippen molar-refractivity contribution in [1.82, 2.24) is 5.32 Å². The van der Waals surface area contributed by atoms with Gasteiger partial charge in [-0.05, 0) is 29.3 Å². The summed E-state index contributed by atoms with van der Waals surface area (Å²) >= 11 is 0. The number of nitrogens with one attached hydrogen (secondary N) is 1. The van der Waals surface area contributed by atoms with Crippen molar-refractivity contribution in [1.29, 1.82) is 0 Å². The van der Waals surface area contributed by atoms with Gasteiger partial charge in [0.1, 0.15) is 5.75 Å². The Bertz CT molecular complexity index is 654. The minimum atomic E-state index is -4.35. The molecule has 2 nitrogen and oxygen atoms in total. The normalized spacial score (nSPS) is 17.9. The van der Waals surface area contributed by atoms with Crippen LogP contribution in [-0.2, 0) is 12.7 Å². The lowest BCUT2D eigenvalue weighted by Gasteiger charge is -2.26. The summed E-state index contributed by atoms with van der Waals surface area (Å²) < 4.78 is 43.7. The van der Waals surface area contributed by atoms with E-state index >= 15 is 0 Å². The van der Waals surface area contributed by atoms with Crippen LogP contribution in [0.15, 0.2) is 48.5 Å². The second kappa shape index (κ2) is 6.01. The molecular weight excluding hydrogens is 291 g/mol. The maximum absolute atomic E-state index is 12.7. The van der Waals surface area contributed by atoms with Crippen LogP contribution in [0.4, 0.5) is 13.2 Å². The van der Waals surface area contributed by atoms with Gasteiger partial charge in [-0.25, -0.2) is 0 Å². The van der Waals surface area contributed by atoms with Crippen LogP contribution in [0.5, 0.6) is 5.75 Å². The summed E-state index contributed by atoms with van der Waals surface area (Å²) in [4.78, 5) is 0. The summed E-state index contributed by atoms with van der Waals surface area (Å²) in [6.07, 6.45) is -4.35. The number of benzene rings is 2. The SMILES string of the molecule is FC(F)(F)c1cccc(OCC2CNCc3ccccc32)c1. The Morgan fingerprint density at radius 1 is 1.09 bits per heavy atom. The molecule has 0 saturated heterocycles. The van der Waals surface area contributed by atoms with E-state index in [1.807, 2.05) is 12.1 Å². The third kappa shape index (κ3) is 3.25. The van der Waals surface area contributed by atoms with E-state index in [-0.39, 0.29) is 11.7 Å². The standard InChI is InChI=1S/C17H16F3NO/c18-17(19,20)14-5-3-6-15(8-14)22-11-13-10-21-9-12-4-1-2-7-16(12)13/h1-8,13,21H,9-11H2. The Morgan fingerprint density at radius 3 is 2.73 bits per heavy atom. The molecule has 2 aromatic rings. The van der Waals surface area contributed by atoms with E-state index in [9.17, 15) is 13.2 Å². The van der Waals surface area contributed by atoms with Crippen LogP contribution in [0.25, 0.3) is 0 Å². The summed E-state index contributed by atoms with van der Waals surface area (Å²) in [6.45, 7) is 1.93. The van der Waals surface area contributed by atoms with Gasteiger partial charge in [-0.1, -0.05) is 30.3 Å². The fourth-order valence-corrected chi connectivity index (χ4v) is 2.69. The molecule has 0 fully saturated rings. The van der Waals surface area contributed by atoms with E-state index in [1.54, 1.807) is 6.07 Å². The van der Waals surface area contributed by atoms with Gasteiger partial charge in [0, 0.05) is 19.0 Å². The van der Waals surface area contributed by atoms with Gasteiger partial charge in [0.15, 0.2) is 0 Å². The first-order chi connectivity index (χ1) is 10.5. The van der Waals surface area contributed by atoms with Crippen molar-refractivity contribution in [3.63, 3.8) is 0 Å². The van der Waals surface area contributed by atoms with Crippen molar-refractivity contribution in [2.75, 3.05) is 13.2 Å². The van der Waals surface area contributed by atoms with Gasteiger partial charge in [0.2, 0.25) is 0 Å². The molecule has 1 N–H and O–H groups in total. The zero-order chi connectivity index (χ0) is 15.6. The van der Waals surface area contributed by atoms with Crippen LogP contribution in [0.2, 0.25) is 0 Å². The summed E-state index contributed by atoms with van der Waals surface area (Å²) in [5.41, 5.74) is 1.73. The van der Waals surface area contributed by atoms with Gasteiger partial charge in [0.05, 0.1) is 12.2 Å². The highest BCUT2D eigenvalue weighted by Gasteiger charge is 2.30. The number of alkyl halides is 3. The van der Waals surface area contributed by atoms with Crippen LogP contribution in [0.3, 0.4) is 0 Å². The summed E-state index contributed by atoms with van der Waals surface area (Å²) in [5, 5.41) is 3.30. The van der Waals surface area contributed by atoms with Gasteiger partial charge >= 0.3 is 6.18 Å². The Balaban J connectivity index is 1.71. The molecule has 0 bridgehead atoms. The van der Waals surface area contributed by atoms with Crippen molar-refractivity contribution in [3.05, 3.63) is 65.2 Å². The molecule has 0 aliphatic carbocycles. The third-order valence-electron chi connectivity index (χ3n) is 3.81. The fraction of sp³-hybridized carbons (Fsp3) is 0.294. The summed E-state index contributed by atoms with van der Waals surface area (Å²) in [7, 11) is 0. The molecule has 5 heteroatoms. The Hall–Kier alpha value is -2.01. The maximum Gasteiger partial charge on any atom is 0.416 e. The number of ether oxygens (including phenoxy) is 1. The molecule has 0 amide bonds. The molecule has 116 valence electrons. The van der Waals surface area contributed by atoms with Gasteiger partial charge < -0.3 is 10.1 Å². The fourth-order valence-electron chi connectivity index (χ4n) is 2.69. The second-order valence-corrected chi connectivity index (χ2v) is 5.36. The molecule has 2 aromatic carbocycles. The first-order valence-corrected chi connectivity index (χ1v) is 7.12. The van der Waals surface area contributed by atoms with Crippen LogP contribution in [0.1, 0.15) is 22.6 Å². The highest BCUT2D eigenvalue weighted by atomic mass is 19.4. The summed E-state index contributed by atoms with van der Waals surface area (Å²) in [6, 6.07) is 13.1. The minimum Gasteiger partial charge on any atom is -0.493 e. The molecule has 1 atom stereocenters. The average Bonchev–Trinajstić information content (AvgIpc) is 2.52. The molecular formula is C17H16F3NO. The zero-order valence-electron chi connectivity index (χ0n) is 11.9. The molecule has 1 aliphatic heterocycles. The molecule has 1 unspecified atom stereocenters. The van der Waals surface area contributed by atoms with Gasteiger partial charge in [-0.3, -0.25) is 0 Å². The van der Waals surface area contributed by atoms with E-state index in [0.717, 1.165) is 25.2 Å². The van der Waals surface area contributed by atoms with E-state index in [1.165, 1.54) is 17.2 Å². The number of rotatable bonds is 3. The predicted octanol–water partition coefficient (Wildman–Crippen LogP) is 3.97. The van der Waals surface area contributed by atoms with Crippen LogP contribution in [-0.4, -0.2) is 13.2 Å². The van der Waals surface area contributed by atoms with Gasteiger partial charge in [0.25, 0.3) is 0 Å². The first-order valence-electron chi connectivity index (χ1n) is 7.12. The second-order valence-electron chi connectivity index (χ2n) is 5.36. The predicted molar refractivity (Wildman–Crippen MR) is 77.8 cm³/mol. The van der Waals surface area contributed by atoms with Crippen LogP contribution < -0.4 is 10.1 Å². The molecule has 3 rings (SSSR count). The van der Waals surface area contributed by atoms with Crippen molar-refractivity contribution < 1.29 is 17.9 Å². The lowest BCUT2D eigenvalue weighted by atomic mass is 9.91. The van der Waals surface area contributed by atoms with Crippen molar-refractivity contribution in [2.24, 2.45) is 0 Å². The van der Waals surface area contributed by atoms with Crippen molar-refractivity contribution in [3.8, 4) is 5.75 Å².